The van der Waals surface area contributed by atoms with Crippen LogP contribution in [-0.4, -0.2) is 28.8 Å². The van der Waals surface area contributed by atoms with Crippen molar-refractivity contribution in [2.24, 2.45) is 0 Å². The van der Waals surface area contributed by atoms with Gasteiger partial charge in [0, 0.05) is 24.3 Å². The predicted molar refractivity (Wildman–Crippen MR) is 144 cm³/mol. The lowest BCUT2D eigenvalue weighted by atomic mass is 9.78. The van der Waals surface area contributed by atoms with Gasteiger partial charge in [-0.25, -0.2) is 14.2 Å². The van der Waals surface area contributed by atoms with Crippen molar-refractivity contribution in [1.82, 2.24) is 10.3 Å². The van der Waals surface area contributed by atoms with Gasteiger partial charge in [0.15, 0.2) is 5.82 Å². The largest absolute Gasteiger partial charge is 0.490 e. The molecular weight excluding hydrogens is 539 g/mol. The number of nitrogens with one attached hydrogen (secondary N) is 1. The molecule has 0 radical (unpaired) electrons. The van der Waals surface area contributed by atoms with Gasteiger partial charge in [-0.1, -0.05) is 38.1 Å². The number of nitrogens with zero attached hydrogens (tertiary/aromatic N) is 1. The van der Waals surface area contributed by atoms with Crippen molar-refractivity contribution >= 4 is 22.0 Å². The molecule has 0 aliphatic heterocycles. The lowest BCUT2D eigenvalue weighted by Crippen LogP contribution is -2.50. The third-order valence-electron chi connectivity index (χ3n) is 6.26. The second-order valence-corrected chi connectivity index (χ2v) is 11.6. The fraction of sp³-hybridized carbons (Fsp3) is 0.379. The molecule has 0 unspecified atom stereocenters. The van der Waals surface area contributed by atoms with Crippen LogP contribution in [0.2, 0.25) is 0 Å². The van der Waals surface area contributed by atoms with Gasteiger partial charge in [0.05, 0.1) is 0 Å². The van der Waals surface area contributed by atoms with Crippen molar-refractivity contribution in [3.63, 3.8) is 0 Å². The third kappa shape index (κ3) is 7.01. The normalized spacial score (nSPS) is 17.5. The van der Waals surface area contributed by atoms with Crippen LogP contribution in [0.15, 0.2) is 65.3 Å². The highest BCUT2D eigenvalue weighted by Crippen LogP contribution is 2.35. The molecule has 1 heterocycles. The summed E-state index contributed by atoms with van der Waals surface area (Å²) in [6.07, 6.45) is 1.18. The minimum Gasteiger partial charge on any atom is -0.490 e. The Kier molecular flexibility index (Phi) is 7.78. The van der Waals surface area contributed by atoms with E-state index in [-0.39, 0.29) is 29.5 Å². The van der Waals surface area contributed by atoms with E-state index >= 15 is 0 Å². The molecule has 1 N–H and O–H groups in total. The maximum absolute atomic E-state index is 14.0. The molecule has 37 heavy (non-hydrogen) atoms. The minimum absolute atomic E-state index is 0.0657. The Morgan fingerprint density at radius 3 is 2.05 bits per heavy atom. The van der Waals surface area contributed by atoms with Crippen LogP contribution >= 0.6 is 15.9 Å². The molecule has 0 spiro atoms. The van der Waals surface area contributed by atoms with E-state index in [0.717, 1.165) is 29.7 Å². The summed E-state index contributed by atoms with van der Waals surface area (Å²) in [6.45, 7) is 9.83. The fourth-order valence-corrected chi connectivity index (χ4v) is 4.38. The molecule has 1 aliphatic carbocycles. The number of rotatable bonds is 7. The number of benzene rings is 2. The van der Waals surface area contributed by atoms with E-state index in [1.165, 1.54) is 12.1 Å². The number of amides is 1. The van der Waals surface area contributed by atoms with Crippen LogP contribution in [0.3, 0.4) is 0 Å². The summed E-state index contributed by atoms with van der Waals surface area (Å²) in [5.41, 5.74) is 1.44. The highest BCUT2D eigenvalue weighted by atomic mass is 79.9. The van der Waals surface area contributed by atoms with Crippen LogP contribution in [0.25, 0.3) is 0 Å². The zero-order valence-corrected chi connectivity index (χ0v) is 23.3. The van der Waals surface area contributed by atoms with Crippen molar-refractivity contribution in [2.45, 2.75) is 70.6 Å². The summed E-state index contributed by atoms with van der Waals surface area (Å²) >= 11 is 3.23. The molecule has 2 aromatic carbocycles. The smallest absolute Gasteiger partial charge is 0.407 e. The highest BCUT2D eigenvalue weighted by molar-refractivity contribution is 9.10. The summed E-state index contributed by atoms with van der Waals surface area (Å²) in [5, 5.41) is 2.88. The lowest BCUT2D eigenvalue weighted by Gasteiger charge is -2.36. The SMILES string of the molecule is CC(C)(C)OC(=O)N[C@H]1C[C@H](Oc2ccc(C(C)(C)c3ccc(Oc4nc(Br)ccc4F)cc3)cc2)C1. The Morgan fingerprint density at radius 1 is 0.919 bits per heavy atom. The van der Waals surface area contributed by atoms with Gasteiger partial charge in [0.1, 0.15) is 27.8 Å². The third-order valence-corrected chi connectivity index (χ3v) is 6.71. The maximum atomic E-state index is 14.0. The van der Waals surface area contributed by atoms with Crippen molar-refractivity contribution in [2.75, 3.05) is 0 Å². The lowest BCUT2D eigenvalue weighted by molar-refractivity contribution is 0.0363. The minimum atomic E-state index is -0.522. The van der Waals surface area contributed by atoms with Crippen LogP contribution in [-0.2, 0) is 10.2 Å². The first kappa shape index (κ1) is 26.9. The van der Waals surface area contributed by atoms with E-state index in [1.54, 1.807) is 0 Å². The molecular formula is C29H32BrFN2O4. The molecule has 1 fully saturated rings. The Labute approximate surface area is 225 Å². The van der Waals surface area contributed by atoms with E-state index in [2.05, 4.69) is 52.2 Å². The summed E-state index contributed by atoms with van der Waals surface area (Å²) in [5.74, 6) is 0.711. The molecule has 1 aromatic heterocycles. The highest BCUT2D eigenvalue weighted by Gasteiger charge is 2.33. The molecule has 1 saturated carbocycles. The summed E-state index contributed by atoms with van der Waals surface area (Å²) in [7, 11) is 0. The Hall–Kier alpha value is -3.13. The van der Waals surface area contributed by atoms with Gasteiger partial charge in [0.2, 0.25) is 0 Å². The van der Waals surface area contributed by atoms with Gasteiger partial charge in [0.25, 0.3) is 5.88 Å². The van der Waals surface area contributed by atoms with Crippen LogP contribution in [0.5, 0.6) is 17.4 Å². The summed E-state index contributed by atoms with van der Waals surface area (Å²) in [6, 6.07) is 18.6. The second-order valence-electron chi connectivity index (χ2n) is 10.8. The zero-order valence-electron chi connectivity index (χ0n) is 21.7. The van der Waals surface area contributed by atoms with Gasteiger partial charge < -0.3 is 19.5 Å². The van der Waals surface area contributed by atoms with Crippen LogP contribution in [0, 0.1) is 5.82 Å². The molecule has 4 rings (SSSR count). The van der Waals surface area contributed by atoms with Crippen molar-refractivity contribution < 1.29 is 23.4 Å². The van der Waals surface area contributed by atoms with E-state index in [9.17, 15) is 9.18 Å². The van der Waals surface area contributed by atoms with Gasteiger partial charge in [-0.15, -0.1) is 0 Å². The molecule has 0 atom stereocenters. The van der Waals surface area contributed by atoms with Crippen molar-refractivity contribution in [3.05, 3.63) is 82.2 Å². The van der Waals surface area contributed by atoms with Crippen molar-refractivity contribution in [3.8, 4) is 17.4 Å². The number of hydrogen-bond acceptors (Lipinski definition) is 5. The monoisotopic (exact) mass is 570 g/mol. The standard InChI is InChI=1S/C29H32BrFN2O4/c1-28(2,3)37-27(34)32-20-16-23(17-20)35-21-10-6-18(7-11-21)29(4,5)19-8-12-22(13-9-19)36-26-24(31)14-15-25(30)33-26/h6-15,20,23H,16-17H2,1-5H3,(H,32,34)/t20-,23-. The number of alkyl carbamates (subject to hydrolysis) is 1. The van der Waals surface area contributed by atoms with E-state index in [4.69, 9.17) is 14.2 Å². The molecule has 196 valence electrons. The zero-order chi connectivity index (χ0) is 26.8. The maximum Gasteiger partial charge on any atom is 0.407 e. The van der Waals surface area contributed by atoms with Gasteiger partial charge >= 0.3 is 6.09 Å². The molecule has 0 saturated heterocycles. The molecule has 1 amide bonds. The topological polar surface area (TPSA) is 69.7 Å². The Morgan fingerprint density at radius 2 is 1.49 bits per heavy atom. The van der Waals surface area contributed by atoms with E-state index in [0.29, 0.717) is 10.4 Å². The number of aromatic nitrogens is 1. The number of pyridine rings is 1. The number of hydrogen-bond donors (Lipinski definition) is 1. The molecule has 3 aromatic rings. The molecule has 1 aliphatic rings. The van der Waals surface area contributed by atoms with Crippen molar-refractivity contribution in [1.29, 1.82) is 0 Å². The number of carbonyl (C=O) groups is 1. The van der Waals surface area contributed by atoms with Crippen LogP contribution < -0.4 is 14.8 Å². The molecule has 8 heteroatoms. The predicted octanol–water partition coefficient (Wildman–Crippen LogP) is 7.54. The fourth-order valence-electron chi connectivity index (χ4n) is 4.09. The Balaban J connectivity index is 1.32. The first-order valence-electron chi connectivity index (χ1n) is 12.3. The molecule has 0 bridgehead atoms. The first-order chi connectivity index (χ1) is 17.4. The number of carbonyl (C=O) groups excluding carboxylic acids is 1. The van der Waals surface area contributed by atoms with E-state index < -0.39 is 11.4 Å². The molecule has 6 nitrogen and oxygen atoms in total. The van der Waals surface area contributed by atoms with E-state index in [1.807, 2.05) is 57.2 Å². The van der Waals surface area contributed by atoms with Crippen LogP contribution in [0.4, 0.5) is 9.18 Å². The quantitative estimate of drug-likeness (QED) is 0.297. The van der Waals surface area contributed by atoms with Gasteiger partial charge in [-0.2, -0.15) is 0 Å². The van der Waals surface area contributed by atoms with Gasteiger partial charge in [-0.3, -0.25) is 0 Å². The summed E-state index contributed by atoms with van der Waals surface area (Å²) in [4.78, 5) is 15.9. The second kappa shape index (κ2) is 10.7. The first-order valence-corrected chi connectivity index (χ1v) is 13.1. The van der Waals surface area contributed by atoms with Gasteiger partial charge in [-0.05, 0) is 84.2 Å². The average molecular weight is 571 g/mol. The summed E-state index contributed by atoms with van der Waals surface area (Å²) < 4.78 is 31.5. The number of halogens is 2. The Bertz CT molecular complexity index is 1230. The average Bonchev–Trinajstić information content (AvgIpc) is 2.79. The number of ether oxygens (including phenoxy) is 3. The van der Waals surface area contributed by atoms with Crippen LogP contribution in [0.1, 0.15) is 58.6 Å².